The highest BCUT2D eigenvalue weighted by Gasteiger charge is 2.17. The van der Waals surface area contributed by atoms with Crippen LogP contribution >= 0.6 is 0 Å². The monoisotopic (exact) mass is 319 g/mol. The van der Waals surface area contributed by atoms with Crippen LogP contribution in [0, 0.1) is 11.8 Å². The Morgan fingerprint density at radius 1 is 1.30 bits per heavy atom. The normalized spacial score (nSPS) is 10.3. The predicted molar refractivity (Wildman–Crippen MR) is 87.2 cm³/mol. The number of rotatable bonds is 3. The summed E-state index contributed by atoms with van der Waals surface area (Å²) in [7, 11) is 1.53. The van der Waals surface area contributed by atoms with Crippen LogP contribution in [-0.4, -0.2) is 36.3 Å². The molecule has 1 aromatic heterocycles. The van der Waals surface area contributed by atoms with Gasteiger partial charge in [0, 0.05) is 26.3 Å². The number of methoxy groups -OCH3 is 1. The molecular formula is C16H21N3O4. The van der Waals surface area contributed by atoms with Gasteiger partial charge in [0.25, 0.3) is 0 Å². The molecule has 0 unspecified atom stereocenters. The number of nitrogens with zero attached hydrogens (tertiary/aromatic N) is 1. The van der Waals surface area contributed by atoms with Crippen LogP contribution in [0.1, 0.15) is 33.3 Å². The standard InChI is InChI=1S/C16H21N3O4/c1-11(20)18-14-9-13(19-15(21)23-16(2,3)4)12(10-17-14)7-6-8-22-5/h9-10H,8H2,1-5H3,(H2,17,18,19,20,21). The second kappa shape index (κ2) is 8.15. The third-order valence-electron chi connectivity index (χ3n) is 2.28. The molecule has 0 saturated heterocycles. The van der Waals surface area contributed by atoms with Crippen molar-refractivity contribution in [3.63, 3.8) is 0 Å². The Morgan fingerprint density at radius 3 is 2.57 bits per heavy atom. The van der Waals surface area contributed by atoms with E-state index in [1.165, 1.54) is 26.3 Å². The maximum Gasteiger partial charge on any atom is 0.412 e. The summed E-state index contributed by atoms with van der Waals surface area (Å²) >= 11 is 0. The van der Waals surface area contributed by atoms with E-state index >= 15 is 0 Å². The van der Waals surface area contributed by atoms with Crippen LogP contribution in [0.4, 0.5) is 16.3 Å². The summed E-state index contributed by atoms with van der Waals surface area (Å²) in [5, 5.41) is 5.16. The number of nitrogens with one attached hydrogen (secondary N) is 2. The first-order valence-electron chi connectivity index (χ1n) is 6.96. The number of aromatic nitrogens is 1. The topological polar surface area (TPSA) is 89.5 Å². The fraction of sp³-hybridized carbons (Fsp3) is 0.438. The van der Waals surface area contributed by atoms with Crippen molar-refractivity contribution in [1.82, 2.24) is 4.98 Å². The molecule has 0 spiro atoms. The number of carbonyl (C=O) groups excluding carboxylic acids is 2. The lowest BCUT2D eigenvalue weighted by Gasteiger charge is -2.20. The summed E-state index contributed by atoms with van der Waals surface area (Å²) in [4.78, 5) is 27.1. The van der Waals surface area contributed by atoms with Crippen LogP contribution in [0.25, 0.3) is 0 Å². The molecule has 1 rings (SSSR count). The summed E-state index contributed by atoms with van der Waals surface area (Å²) in [5.74, 6) is 5.67. The fourth-order valence-electron chi connectivity index (χ4n) is 1.52. The summed E-state index contributed by atoms with van der Waals surface area (Å²) in [6.07, 6.45) is 0.841. The number of carbonyl (C=O) groups is 2. The molecule has 0 aliphatic heterocycles. The van der Waals surface area contributed by atoms with E-state index in [1.54, 1.807) is 20.8 Å². The van der Waals surface area contributed by atoms with E-state index in [9.17, 15) is 9.59 Å². The molecule has 0 bridgehead atoms. The van der Waals surface area contributed by atoms with Crippen LogP contribution in [0.15, 0.2) is 12.3 Å². The Balaban J connectivity index is 3.05. The second-order valence-electron chi connectivity index (χ2n) is 5.66. The van der Waals surface area contributed by atoms with Gasteiger partial charge in [0.1, 0.15) is 18.0 Å². The molecular weight excluding hydrogens is 298 g/mol. The van der Waals surface area contributed by atoms with Crippen LogP contribution in [0.5, 0.6) is 0 Å². The molecule has 0 fully saturated rings. The van der Waals surface area contributed by atoms with Gasteiger partial charge in [-0.1, -0.05) is 11.8 Å². The van der Waals surface area contributed by atoms with Crippen LogP contribution in [-0.2, 0) is 14.3 Å². The van der Waals surface area contributed by atoms with E-state index in [2.05, 4.69) is 27.5 Å². The summed E-state index contributed by atoms with van der Waals surface area (Å²) in [5.41, 5.74) is 0.253. The first-order chi connectivity index (χ1) is 10.7. The van der Waals surface area contributed by atoms with Crippen LogP contribution < -0.4 is 10.6 Å². The van der Waals surface area contributed by atoms with E-state index in [4.69, 9.17) is 9.47 Å². The average molecular weight is 319 g/mol. The number of amides is 2. The highest BCUT2D eigenvalue weighted by atomic mass is 16.6. The summed E-state index contributed by atoms with van der Waals surface area (Å²) < 4.78 is 10.1. The van der Waals surface area contributed by atoms with Crippen LogP contribution in [0.2, 0.25) is 0 Å². The molecule has 0 atom stereocenters. The van der Waals surface area contributed by atoms with Crippen molar-refractivity contribution in [3.05, 3.63) is 17.8 Å². The molecule has 124 valence electrons. The van der Waals surface area contributed by atoms with Gasteiger partial charge in [-0.25, -0.2) is 9.78 Å². The largest absolute Gasteiger partial charge is 0.444 e. The fourth-order valence-corrected chi connectivity index (χ4v) is 1.52. The number of hydrogen-bond acceptors (Lipinski definition) is 5. The van der Waals surface area contributed by atoms with Crippen molar-refractivity contribution < 1.29 is 19.1 Å². The Kier molecular flexibility index (Phi) is 6.54. The smallest absolute Gasteiger partial charge is 0.412 e. The average Bonchev–Trinajstić information content (AvgIpc) is 2.38. The molecule has 23 heavy (non-hydrogen) atoms. The zero-order valence-corrected chi connectivity index (χ0v) is 13.9. The molecule has 0 radical (unpaired) electrons. The highest BCUT2D eigenvalue weighted by Crippen LogP contribution is 2.19. The van der Waals surface area contributed by atoms with Crippen molar-refractivity contribution in [1.29, 1.82) is 0 Å². The summed E-state index contributed by atoms with van der Waals surface area (Å²) in [6.45, 7) is 6.91. The number of ether oxygens (including phenoxy) is 2. The lowest BCUT2D eigenvalue weighted by molar-refractivity contribution is -0.114. The molecule has 2 N–H and O–H groups in total. The Labute approximate surface area is 135 Å². The van der Waals surface area contributed by atoms with Gasteiger partial charge in [-0.05, 0) is 20.8 Å². The maximum absolute atomic E-state index is 11.9. The molecule has 0 aromatic carbocycles. The van der Waals surface area contributed by atoms with Gasteiger partial charge in [0.2, 0.25) is 5.91 Å². The molecule has 1 heterocycles. The van der Waals surface area contributed by atoms with Gasteiger partial charge in [-0.2, -0.15) is 0 Å². The van der Waals surface area contributed by atoms with Crippen molar-refractivity contribution in [2.45, 2.75) is 33.3 Å². The highest BCUT2D eigenvalue weighted by molar-refractivity contribution is 5.91. The minimum atomic E-state index is -0.626. The van der Waals surface area contributed by atoms with Gasteiger partial charge in [-0.3, -0.25) is 10.1 Å². The zero-order valence-electron chi connectivity index (χ0n) is 13.9. The minimum absolute atomic E-state index is 0.249. The van der Waals surface area contributed by atoms with Crippen molar-refractivity contribution in [2.24, 2.45) is 0 Å². The number of anilines is 2. The predicted octanol–water partition coefficient (Wildman–Crippen LogP) is 2.38. The molecule has 2 amide bonds. The first kappa shape index (κ1) is 18.5. The van der Waals surface area contributed by atoms with Gasteiger partial charge in [0.15, 0.2) is 0 Å². The van der Waals surface area contributed by atoms with Crippen LogP contribution in [0.3, 0.4) is 0 Å². The Hall–Kier alpha value is -2.59. The van der Waals surface area contributed by atoms with Crippen molar-refractivity contribution in [2.75, 3.05) is 24.4 Å². The Morgan fingerprint density at radius 2 is 2.00 bits per heavy atom. The minimum Gasteiger partial charge on any atom is -0.444 e. The van der Waals surface area contributed by atoms with Gasteiger partial charge in [0.05, 0.1) is 11.3 Å². The summed E-state index contributed by atoms with van der Waals surface area (Å²) in [6, 6.07) is 1.52. The first-order valence-corrected chi connectivity index (χ1v) is 6.96. The molecule has 7 nitrogen and oxygen atoms in total. The van der Waals surface area contributed by atoms with Gasteiger partial charge >= 0.3 is 6.09 Å². The molecule has 1 aromatic rings. The number of pyridine rings is 1. The lowest BCUT2D eigenvalue weighted by atomic mass is 10.2. The van der Waals surface area contributed by atoms with E-state index < -0.39 is 11.7 Å². The van der Waals surface area contributed by atoms with Gasteiger partial charge in [-0.15, -0.1) is 0 Å². The molecule has 0 aliphatic rings. The Bertz CT molecular complexity index is 639. The third kappa shape index (κ3) is 7.29. The zero-order chi connectivity index (χ0) is 17.5. The quantitative estimate of drug-likeness (QED) is 0.835. The molecule has 7 heteroatoms. The SMILES string of the molecule is COCC#Cc1cnc(NC(C)=O)cc1NC(=O)OC(C)(C)C. The van der Waals surface area contributed by atoms with Crippen molar-refractivity contribution >= 4 is 23.5 Å². The second-order valence-corrected chi connectivity index (χ2v) is 5.66. The van der Waals surface area contributed by atoms with Gasteiger partial charge < -0.3 is 14.8 Å². The lowest BCUT2D eigenvalue weighted by Crippen LogP contribution is -2.27. The van der Waals surface area contributed by atoms with E-state index in [1.807, 2.05) is 0 Å². The molecule has 0 saturated carbocycles. The maximum atomic E-state index is 11.9. The van der Waals surface area contributed by atoms with E-state index in [0.717, 1.165) is 0 Å². The van der Waals surface area contributed by atoms with E-state index in [-0.39, 0.29) is 12.5 Å². The number of hydrogen-bond donors (Lipinski definition) is 2. The third-order valence-corrected chi connectivity index (χ3v) is 2.28. The molecule has 0 aliphatic carbocycles. The van der Waals surface area contributed by atoms with Crippen molar-refractivity contribution in [3.8, 4) is 11.8 Å². The van der Waals surface area contributed by atoms with E-state index in [0.29, 0.717) is 17.1 Å².